The molecule has 0 aliphatic carbocycles. The molecule has 1 fully saturated rings. The molecule has 0 bridgehead atoms. The Morgan fingerprint density at radius 3 is 1.96 bits per heavy atom. The van der Waals surface area contributed by atoms with Crippen LogP contribution in [0.4, 0.5) is 0 Å². The quantitative estimate of drug-likeness (QED) is 0.0440. The van der Waals surface area contributed by atoms with Crippen molar-refractivity contribution in [2.24, 2.45) is 34.8 Å². The van der Waals surface area contributed by atoms with Crippen molar-refractivity contribution in [1.29, 1.82) is 0 Å². The van der Waals surface area contributed by atoms with Crippen LogP contribution in [-0.4, -0.2) is 183 Å². The van der Waals surface area contributed by atoms with Crippen molar-refractivity contribution < 1.29 is 57.2 Å². The van der Waals surface area contributed by atoms with Gasteiger partial charge in [0, 0.05) is 40.8 Å². The van der Waals surface area contributed by atoms with Crippen LogP contribution < -0.4 is 16.9 Å². The highest BCUT2D eigenvalue weighted by Gasteiger charge is 2.42. The number of likely N-dealkylation sites (N-methyl/N-ethyl adjacent to an activating group) is 2. The number of hydrogen-bond donors (Lipinski definition) is 3. The lowest BCUT2D eigenvalue weighted by Gasteiger charge is -2.40. The number of likely N-dealkylation sites (tertiary alicyclic amines) is 1. The van der Waals surface area contributed by atoms with E-state index in [0.717, 1.165) is 25.7 Å². The van der Waals surface area contributed by atoms with Gasteiger partial charge in [-0.25, -0.2) is 5.90 Å². The number of thiophene rings is 1. The molecule has 3 amide bonds. The Labute approximate surface area is 407 Å². The van der Waals surface area contributed by atoms with Gasteiger partial charge in [0.1, 0.15) is 12.8 Å². The molecule has 1 aliphatic rings. The fraction of sp³-hybridized carbons (Fsp3) is 0.812. The molecule has 1 saturated heterocycles. The summed E-state index contributed by atoms with van der Waals surface area (Å²) in [6.45, 7) is 22.7. The molecule has 19 heteroatoms. The van der Waals surface area contributed by atoms with Crippen LogP contribution in [0, 0.1) is 30.1 Å². The molecule has 7 atom stereocenters. The minimum Gasteiger partial charge on any atom is -0.468 e. The summed E-state index contributed by atoms with van der Waals surface area (Å²) in [5.41, 5.74) is 5.71. The molecule has 5 N–H and O–H groups in total. The predicted octanol–water partition coefficient (Wildman–Crippen LogP) is 4.35. The second kappa shape index (κ2) is 38.7. The summed E-state index contributed by atoms with van der Waals surface area (Å²) in [4.78, 5) is 71.8. The van der Waals surface area contributed by atoms with Gasteiger partial charge in [-0.1, -0.05) is 61.8 Å². The molecule has 0 radical (unpaired) electrons. The van der Waals surface area contributed by atoms with E-state index in [1.54, 1.807) is 42.2 Å². The van der Waals surface area contributed by atoms with Gasteiger partial charge < -0.3 is 58.9 Å². The number of nitrogens with two attached hydrogens (primary N) is 2. The maximum Gasteiger partial charge on any atom is 0.325 e. The zero-order valence-corrected chi connectivity index (χ0v) is 44.7. The molecule has 1 aromatic heterocycles. The van der Waals surface area contributed by atoms with E-state index in [2.05, 4.69) is 58.2 Å². The number of aryl methyl sites for hydroxylation is 1. The first-order valence-corrected chi connectivity index (χ1v) is 24.4. The van der Waals surface area contributed by atoms with Crippen molar-refractivity contribution in [3.8, 4) is 0 Å². The van der Waals surface area contributed by atoms with Crippen molar-refractivity contribution in [1.82, 2.24) is 20.0 Å². The topological polar surface area (TPSA) is 224 Å². The van der Waals surface area contributed by atoms with E-state index in [9.17, 15) is 24.0 Å². The minimum atomic E-state index is -0.588. The van der Waals surface area contributed by atoms with Crippen LogP contribution in [0.15, 0.2) is 16.8 Å². The SMILES string of the molecule is CC(C)C(C=O)N(C)CCOCCOCCOCCON.CCC(C)C(C(CC(=O)N1CCCC1C(OC)C(C)C(=O)NCC(=O)OC)OC)N(C)C(=O)CC(C)(C)C.CN.Cc1ccsc1. The van der Waals surface area contributed by atoms with Crippen molar-refractivity contribution in [2.45, 2.75) is 125 Å². The van der Waals surface area contributed by atoms with Crippen LogP contribution in [0.5, 0.6) is 0 Å². The van der Waals surface area contributed by atoms with Gasteiger partial charge in [-0.15, -0.1) is 0 Å². The first-order valence-electron chi connectivity index (χ1n) is 23.5. The summed E-state index contributed by atoms with van der Waals surface area (Å²) in [5, 5.41) is 6.78. The van der Waals surface area contributed by atoms with Crippen LogP contribution >= 0.6 is 11.3 Å². The number of amides is 3. The standard InChI is InChI=1S/C28H51N3O7.C14H30N2O5.C5H6S.CH5N/c1-11-18(2)25(30(7)23(33)16-28(4,5)6)21(36-8)15-22(32)31-14-12-13-20(31)26(38-10)19(3)27(35)29-17-24(34)37-9;1-13(2)14(12-17)16(3)4-5-18-6-7-19-8-9-20-10-11-21-15;1-5-2-3-6-4-5;1-2/h18-21,25-26H,11-17H2,1-10H3,(H,29,35);12-14H,4-11,15H2,1-3H3;2-4H,1H3;2H2,1H3. The summed E-state index contributed by atoms with van der Waals surface area (Å²) < 4.78 is 32.2. The molecule has 0 spiro atoms. The number of aldehydes is 1. The van der Waals surface area contributed by atoms with Crippen LogP contribution in [0.1, 0.15) is 93.1 Å². The van der Waals surface area contributed by atoms with Gasteiger partial charge >= 0.3 is 5.97 Å². The Balaban J connectivity index is 0. The lowest BCUT2D eigenvalue weighted by Crippen LogP contribution is -2.53. The Kier molecular flexibility index (Phi) is 38.1. The van der Waals surface area contributed by atoms with E-state index in [1.165, 1.54) is 26.8 Å². The molecule has 18 nitrogen and oxygen atoms in total. The van der Waals surface area contributed by atoms with Gasteiger partial charge in [0.15, 0.2) is 0 Å². The third kappa shape index (κ3) is 28.2. The fourth-order valence-electron chi connectivity index (χ4n) is 7.41. The first-order chi connectivity index (χ1) is 31.7. The normalized spacial score (nSPS) is 16.2. The third-order valence-electron chi connectivity index (χ3n) is 11.3. The van der Waals surface area contributed by atoms with Crippen LogP contribution in [0.2, 0.25) is 0 Å². The molecular formula is C48H92N6O12S. The van der Waals surface area contributed by atoms with Crippen LogP contribution in [0.25, 0.3) is 0 Å². The van der Waals surface area contributed by atoms with E-state index in [4.69, 9.17) is 29.6 Å². The zero-order chi connectivity index (χ0) is 51.5. The van der Waals surface area contributed by atoms with Gasteiger partial charge in [-0.05, 0) is 73.5 Å². The molecule has 0 saturated carbocycles. The molecular weight excluding hydrogens is 885 g/mol. The Morgan fingerprint density at radius 1 is 0.940 bits per heavy atom. The minimum absolute atomic E-state index is 0.0302. The molecule has 2 heterocycles. The molecule has 7 unspecified atom stereocenters. The highest BCUT2D eigenvalue weighted by molar-refractivity contribution is 7.07. The number of hydrogen-bond acceptors (Lipinski definition) is 16. The van der Waals surface area contributed by atoms with Gasteiger partial charge in [0.05, 0.1) is 96.0 Å². The number of nitrogens with one attached hydrogen (secondary N) is 1. The lowest BCUT2D eigenvalue weighted by atomic mass is 9.88. The number of rotatable bonds is 29. The third-order valence-corrected chi connectivity index (χ3v) is 12.1. The van der Waals surface area contributed by atoms with Gasteiger partial charge in [-0.3, -0.25) is 24.1 Å². The summed E-state index contributed by atoms with van der Waals surface area (Å²) in [5.74, 6) is 3.76. The first kappa shape index (κ1) is 66.0. The maximum absolute atomic E-state index is 13.7. The average molecular weight is 977 g/mol. The smallest absolute Gasteiger partial charge is 0.325 e. The summed E-state index contributed by atoms with van der Waals surface area (Å²) in [6.07, 6.45) is 2.83. The highest BCUT2D eigenvalue weighted by Crippen LogP contribution is 2.30. The van der Waals surface area contributed by atoms with E-state index < -0.39 is 24.1 Å². The molecule has 0 aromatic carbocycles. The largest absolute Gasteiger partial charge is 0.468 e. The van der Waals surface area contributed by atoms with Gasteiger partial charge in [-0.2, -0.15) is 11.3 Å². The second-order valence-electron chi connectivity index (χ2n) is 18.0. The van der Waals surface area contributed by atoms with E-state index in [-0.39, 0.29) is 60.1 Å². The number of ether oxygens (including phenoxy) is 6. The van der Waals surface area contributed by atoms with Crippen molar-refractivity contribution in [3.05, 3.63) is 22.4 Å². The van der Waals surface area contributed by atoms with E-state index in [1.807, 2.05) is 46.6 Å². The molecule has 392 valence electrons. The molecule has 2 rings (SSSR count). The Bertz CT molecular complexity index is 1440. The predicted molar refractivity (Wildman–Crippen MR) is 264 cm³/mol. The highest BCUT2D eigenvalue weighted by atomic mass is 32.1. The Hall–Kier alpha value is -3.11. The zero-order valence-electron chi connectivity index (χ0n) is 43.8. The van der Waals surface area contributed by atoms with Gasteiger partial charge in [0.2, 0.25) is 17.7 Å². The molecule has 1 aliphatic heterocycles. The average Bonchev–Trinajstić information content (AvgIpc) is 3.99. The number of esters is 1. The lowest BCUT2D eigenvalue weighted by molar-refractivity contribution is -0.147. The Morgan fingerprint density at radius 2 is 1.52 bits per heavy atom. The number of carbonyl (C=O) groups excluding carboxylic acids is 5. The summed E-state index contributed by atoms with van der Waals surface area (Å²) >= 11 is 1.74. The van der Waals surface area contributed by atoms with Crippen LogP contribution in [0.3, 0.4) is 0 Å². The van der Waals surface area contributed by atoms with Crippen molar-refractivity contribution in [2.75, 3.05) is 108 Å². The number of carbonyl (C=O) groups is 5. The second-order valence-corrected chi connectivity index (χ2v) is 18.8. The van der Waals surface area contributed by atoms with Crippen molar-refractivity contribution >= 4 is 41.3 Å². The monoisotopic (exact) mass is 977 g/mol. The molecule has 67 heavy (non-hydrogen) atoms. The number of methoxy groups -OCH3 is 3. The number of nitrogens with zero attached hydrogens (tertiary/aromatic N) is 3. The fourth-order valence-corrected chi connectivity index (χ4v) is 8.07. The van der Waals surface area contributed by atoms with E-state index in [0.29, 0.717) is 71.6 Å². The van der Waals surface area contributed by atoms with Gasteiger partial charge in [0.25, 0.3) is 0 Å². The maximum atomic E-state index is 13.7. The van der Waals surface area contributed by atoms with Crippen LogP contribution in [-0.2, 0) is 57.2 Å². The van der Waals surface area contributed by atoms with E-state index >= 15 is 0 Å². The van der Waals surface area contributed by atoms with Crippen molar-refractivity contribution in [3.63, 3.8) is 0 Å². The summed E-state index contributed by atoms with van der Waals surface area (Å²) in [6, 6.07) is 1.50. The summed E-state index contributed by atoms with van der Waals surface area (Å²) in [7, 11) is 9.61. The molecule has 1 aromatic rings.